The van der Waals surface area contributed by atoms with Crippen molar-refractivity contribution < 1.29 is 4.79 Å². The van der Waals surface area contributed by atoms with Gasteiger partial charge in [0.15, 0.2) is 0 Å². The van der Waals surface area contributed by atoms with E-state index in [1.807, 2.05) is 0 Å². The molecule has 1 unspecified atom stereocenters. The highest BCUT2D eigenvalue weighted by atomic mass is 16.1. The summed E-state index contributed by atoms with van der Waals surface area (Å²) in [4.78, 5) is 11.6. The maximum atomic E-state index is 11.6. The molecule has 84 valence electrons. The molecule has 15 heavy (non-hydrogen) atoms. The lowest BCUT2D eigenvalue weighted by molar-refractivity contribution is -0.121. The van der Waals surface area contributed by atoms with Gasteiger partial charge < -0.3 is 0 Å². The number of nitrogens with zero attached hydrogens (tertiary/aromatic N) is 1. The molecule has 2 nitrogen and oxygen atoms in total. The maximum absolute atomic E-state index is 11.6. The second kappa shape index (κ2) is 7.45. The molecule has 0 saturated heterocycles. The van der Waals surface area contributed by atoms with E-state index in [4.69, 9.17) is 5.26 Å². The lowest BCUT2D eigenvalue weighted by Crippen LogP contribution is -2.12. The zero-order valence-corrected chi connectivity index (χ0v) is 9.50. The average molecular weight is 207 g/mol. The largest absolute Gasteiger partial charge is 0.298 e. The number of ketones is 1. The Morgan fingerprint density at radius 2 is 1.47 bits per heavy atom. The van der Waals surface area contributed by atoms with Gasteiger partial charge in [-0.25, -0.2) is 0 Å². The van der Waals surface area contributed by atoms with Crippen LogP contribution in [0.5, 0.6) is 0 Å². The molecular formula is C13H21NO. The number of hydrogen-bond acceptors (Lipinski definition) is 2. The van der Waals surface area contributed by atoms with Gasteiger partial charge in [0, 0.05) is 6.42 Å². The number of carbonyl (C=O) groups is 1. The predicted octanol–water partition coefficient (Wildman–Crippen LogP) is 3.61. The van der Waals surface area contributed by atoms with Crippen molar-refractivity contribution in [1.82, 2.24) is 0 Å². The number of nitriles is 1. The van der Waals surface area contributed by atoms with Gasteiger partial charge in [-0.3, -0.25) is 4.79 Å². The Labute approximate surface area is 92.7 Å². The maximum Gasteiger partial charge on any atom is 0.149 e. The van der Waals surface area contributed by atoms with Gasteiger partial charge in [0.2, 0.25) is 0 Å². The molecular weight excluding hydrogens is 186 g/mol. The summed E-state index contributed by atoms with van der Waals surface area (Å²) >= 11 is 0. The third-order valence-corrected chi connectivity index (χ3v) is 3.21. The van der Waals surface area contributed by atoms with Crippen LogP contribution in [0.4, 0.5) is 0 Å². The van der Waals surface area contributed by atoms with Crippen LogP contribution in [0.2, 0.25) is 0 Å². The van der Waals surface area contributed by atoms with Crippen molar-refractivity contribution >= 4 is 5.78 Å². The Balaban J connectivity index is 2.38. The van der Waals surface area contributed by atoms with E-state index in [2.05, 4.69) is 6.07 Å². The van der Waals surface area contributed by atoms with Crippen LogP contribution >= 0.6 is 0 Å². The molecule has 1 fully saturated rings. The van der Waals surface area contributed by atoms with Crippen molar-refractivity contribution in [3.8, 4) is 6.07 Å². The van der Waals surface area contributed by atoms with Gasteiger partial charge in [-0.2, -0.15) is 5.26 Å². The molecule has 0 heterocycles. The molecule has 0 spiro atoms. The summed E-state index contributed by atoms with van der Waals surface area (Å²) in [5.74, 6) is -0.137. The summed E-state index contributed by atoms with van der Waals surface area (Å²) in [6, 6.07) is 2.16. The highest BCUT2D eigenvalue weighted by Gasteiger charge is 2.16. The molecule has 1 aliphatic rings. The molecule has 0 aromatic rings. The average Bonchev–Trinajstić information content (AvgIpc) is 2.23. The van der Waals surface area contributed by atoms with Crippen LogP contribution in [0.1, 0.15) is 64.2 Å². The van der Waals surface area contributed by atoms with Gasteiger partial charge in [-0.05, 0) is 12.8 Å². The standard InChI is InChI=1S/C13H21NO/c14-11-12-9-7-5-3-1-2-4-6-8-10-13(12)15/h12H,1-10H2. The molecule has 0 aliphatic heterocycles. The minimum absolute atomic E-state index is 0.179. The van der Waals surface area contributed by atoms with E-state index in [1.54, 1.807) is 0 Å². The molecule has 0 bridgehead atoms. The second-order valence-corrected chi connectivity index (χ2v) is 4.52. The first-order chi connectivity index (χ1) is 7.34. The fourth-order valence-electron chi connectivity index (χ4n) is 2.18. The molecule has 0 radical (unpaired) electrons. The van der Waals surface area contributed by atoms with Crippen molar-refractivity contribution in [2.24, 2.45) is 5.92 Å². The van der Waals surface area contributed by atoms with Gasteiger partial charge in [-0.1, -0.05) is 44.9 Å². The van der Waals surface area contributed by atoms with Crippen LogP contribution in [-0.2, 0) is 4.79 Å². The first-order valence-corrected chi connectivity index (χ1v) is 6.27. The molecule has 0 aromatic carbocycles. The topological polar surface area (TPSA) is 40.9 Å². The van der Waals surface area contributed by atoms with E-state index in [0.717, 1.165) is 25.7 Å². The molecule has 1 atom stereocenters. The van der Waals surface area contributed by atoms with Crippen LogP contribution in [0.3, 0.4) is 0 Å². The van der Waals surface area contributed by atoms with Gasteiger partial charge >= 0.3 is 0 Å². The van der Waals surface area contributed by atoms with E-state index in [9.17, 15) is 4.79 Å². The third-order valence-electron chi connectivity index (χ3n) is 3.21. The van der Waals surface area contributed by atoms with Gasteiger partial charge in [0.1, 0.15) is 11.7 Å². The van der Waals surface area contributed by atoms with E-state index in [1.165, 1.54) is 32.1 Å². The lowest BCUT2D eigenvalue weighted by Gasteiger charge is -2.09. The lowest BCUT2D eigenvalue weighted by atomic mass is 9.93. The number of Topliss-reactive ketones (excluding diaryl/α,β-unsaturated/α-hetero) is 1. The first-order valence-electron chi connectivity index (χ1n) is 6.27. The summed E-state index contributed by atoms with van der Waals surface area (Å²) in [5, 5.41) is 8.90. The fraction of sp³-hybridized carbons (Fsp3) is 0.846. The smallest absolute Gasteiger partial charge is 0.149 e. The Morgan fingerprint density at radius 1 is 0.933 bits per heavy atom. The van der Waals surface area contributed by atoms with Crippen LogP contribution in [0, 0.1) is 17.2 Å². The van der Waals surface area contributed by atoms with E-state index >= 15 is 0 Å². The molecule has 1 aliphatic carbocycles. The van der Waals surface area contributed by atoms with Crippen LogP contribution in [0.25, 0.3) is 0 Å². The quantitative estimate of drug-likeness (QED) is 0.608. The van der Waals surface area contributed by atoms with E-state index in [0.29, 0.717) is 6.42 Å². The van der Waals surface area contributed by atoms with Crippen LogP contribution in [-0.4, -0.2) is 5.78 Å². The third kappa shape index (κ3) is 4.97. The van der Waals surface area contributed by atoms with Gasteiger partial charge in [0.05, 0.1) is 6.07 Å². The predicted molar refractivity (Wildman–Crippen MR) is 60.3 cm³/mol. The second-order valence-electron chi connectivity index (χ2n) is 4.52. The summed E-state index contributed by atoms with van der Waals surface area (Å²) in [5.41, 5.74) is 0. The zero-order valence-electron chi connectivity index (χ0n) is 9.50. The SMILES string of the molecule is N#CC1CCCCCCCCCCC1=O. The van der Waals surface area contributed by atoms with Crippen LogP contribution in [0.15, 0.2) is 0 Å². The zero-order chi connectivity index (χ0) is 10.9. The van der Waals surface area contributed by atoms with Crippen molar-refractivity contribution in [1.29, 1.82) is 5.26 Å². The van der Waals surface area contributed by atoms with Crippen LogP contribution < -0.4 is 0 Å². The molecule has 1 rings (SSSR count). The monoisotopic (exact) mass is 207 g/mol. The summed E-state index contributed by atoms with van der Waals surface area (Å²) in [7, 11) is 0. The number of carbonyl (C=O) groups excluding carboxylic acids is 1. The summed E-state index contributed by atoms with van der Waals surface area (Å²) < 4.78 is 0. The highest BCUT2D eigenvalue weighted by Crippen LogP contribution is 2.18. The number of hydrogen-bond donors (Lipinski definition) is 0. The molecule has 0 aromatic heterocycles. The van der Waals surface area contributed by atoms with Gasteiger partial charge in [-0.15, -0.1) is 0 Å². The Kier molecular flexibility index (Phi) is 6.08. The van der Waals surface area contributed by atoms with Crippen molar-refractivity contribution in [3.05, 3.63) is 0 Å². The normalized spacial score (nSPS) is 26.1. The van der Waals surface area contributed by atoms with Crippen molar-refractivity contribution in [3.63, 3.8) is 0 Å². The first kappa shape index (κ1) is 12.2. The summed E-state index contributed by atoms with van der Waals surface area (Å²) in [6.07, 6.45) is 10.9. The minimum Gasteiger partial charge on any atom is -0.298 e. The number of rotatable bonds is 0. The molecule has 2 heteroatoms. The molecule has 1 saturated carbocycles. The Hall–Kier alpha value is -0.840. The molecule has 0 amide bonds. The summed E-state index contributed by atoms with van der Waals surface area (Å²) in [6.45, 7) is 0. The minimum atomic E-state index is -0.315. The van der Waals surface area contributed by atoms with E-state index in [-0.39, 0.29) is 11.7 Å². The van der Waals surface area contributed by atoms with Crippen molar-refractivity contribution in [2.75, 3.05) is 0 Å². The highest BCUT2D eigenvalue weighted by molar-refractivity contribution is 5.83. The van der Waals surface area contributed by atoms with Gasteiger partial charge in [0.25, 0.3) is 0 Å². The van der Waals surface area contributed by atoms with E-state index < -0.39 is 0 Å². The Bertz CT molecular complexity index is 229. The van der Waals surface area contributed by atoms with Crippen molar-refractivity contribution in [2.45, 2.75) is 64.2 Å². The molecule has 0 N–H and O–H groups in total. The Morgan fingerprint density at radius 3 is 2.07 bits per heavy atom. The fourth-order valence-corrected chi connectivity index (χ4v) is 2.18.